The Morgan fingerprint density at radius 2 is 1.85 bits per heavy atom. The van der Waals surface area contributed by atoms with Crippen LogP contribution in [0.5, 0.6) is 11.5 Å². The summed E-state index contributed by atoms with van der Waals surface area (Å²) in [5.74, 6) is 1.55. The van der Waals surface area contributed by atoms with E-state index in [4.69, 9.17) is 9.47 Å². The fourth-order valence-corrected chi connectivity index (χ4v) is 5.50. The number of carbonyl (C=O) groups is 2. The zero-order chi connectivity index (χ0) is 23.5. The number of methoxy groups -OCH3 is 2. The second kappa shape index (κ2) is 9.91. The van der Waals surface area contributed by atoms with E-state index >= 15 is 0 Å². The standard InChI is InChI=1S/C26H30N2O4S/c1-16-7-5-6-8-19(16)27-25(29)18-10-12-23-20(15-18)28(2)26(30)24(33-23)14-17-9-11-21(31-3)22(13-17)32-4/h9-16,19H,5-8H2,1-4H3,(H,27,29)/b24-14-/t16-,19-/m1/s1. The molecule has 7 heteroatoms. The van der Waals surface area contributed by atoms with E-state index in [9.17, 15) is 9.59 Å². The van der Waals surface area contributed by atoms with Gasteiger partial charge >= 0.3 is 0 Å². The van der Waals surface area contributed by atoms with E-state index in [2.05, 4.69) is 12.2 Å². The normalized spacial score (nSPS) is 21.5. The summed E-state index contributed by atoms with van der Waals surface area (Å²) in [6, 6.07) is 11.3. The Balaban J connectivity index is 1.56. The Morgan fingerprint density at radius 1 is 1.09 bits per heavy atom. The molecule has 2 atom stereocenters. The monoisotopic (exact) mass is 466 g/mol. The molecule has 1 saturated carbocycles. The van der Waals surface area contributed by atoms with Crippen LogP contribution in [-0.2, 0) is 4.79 Å². The van der Waals surface area contributed by atoms with Crippen LogP contribution in [0.2, 0.25) is 0 Å². The van der Waals surface area contributed by atoms with Gasteiger partial charge in [0.05, 0.1) is 24.8 Å². The first-order valence-electron chi connectivity index (χ1n) is 11.3. The number of hydrogen-bond acceptors (Lipinski definition) is 5. The van der Waals surface area contributed by atoms with Gasteiger partial charge in [-0.05, 0) is 60.7 Å². The van der Waals surface area contributed by atoms with Crippen LogP contribution in [0.3, 0.4) is 0 Å². The number of likely N-dealkylation sites (N-methyl/N-ethyl adjacent to an activating group) is 1. The van der Waals surface area contributed by atoms with Crippen molar-refractivity contribution < 1.29 is 19.1 Å². The summed E-state index contributed by atoms with van der Waals surface area (Å²) in [5, 5.41) is 3.20. The van der Waals surface area contributed by atoms with Crippen LogP contribution in [0.4, 0.5) is 5.69 Å². The number of anilines is 1. The molecule has 4 rings (SSSR count). The van der Waals surface area contributed by atoms with Crippen molar-refractivity contribution in [3.63, 3.8) is 0 Å². The molecule has 1 fully saturated rings. The zero-order valence-electron chi connectivity index (χ0n) is 19.5. The molecule has 2 amide bonds. The van der Waals surface area contributed by atoms with E-state index in [1.54, 1.807) is 26.2 Å². The van der Waals surface area contributed by atoms with Crippen molar-refractivity contribution in [1.29, 1.82) is 0 Å². The molecule has 0 aromatic heterocycles. The van der Waals surface area contributed by atoms with Crippen LogP contribution < -0.4 is 19.7 Å². The molecular formula is C26H30N2O4S. The summed E-state index contributed by atoms with van der Waals surface area (Å²) < 4.78 is 10.7. The Hall–Kier alpha value is -2.93. The molecule has 0 spiro atoms. The average Bonchev–Trinajstić information content (AvgIpc) is 2.83. The maximum atomic E-state index is 13.1. The van der Waals surface area contributed by atoms with Gasteiger partial charge in [0, 0.05) is 23.5 Å². The van der Waals surface area contributed by atoms with E-state index in [-0.39, 0.29) is 17.9 Å². The quantitative estimate of drug-likeness (QED) is 0.620. The number of carbonyl (C=O) groups excluding carboxylic acids is 2. The highest BCUT2D eigenvalue weighted by atomic mass is 32.2. The first-order valence-corrected chi connectivity index (χ1v) is 12.1. The summed E-state index contributed by atoms with van der Waals surface area (Å²) in [6.07, 6.45) is 6.41. The fraction of sp³-hybridized carbons (Fsp3) is 0.385. The van der Waals surface area contributed by atoms with Gasteiger partial charge < -0.3 is 19.7 Å². The topological polar surface area (TPSA) is 67.9 Å². The number of thioether (sulfide) groups is 1. The number of nitrogens with zero attached hydrogens (tertiary/aromatic N) is 1. The maximum absolute atomic E-state index is 13.1. The molecule has 0 bridgehead atoms. The van der Waals surface area contributed by atoms with Gasteiger partial charge in [-0.15, -0.1) is 0 Å². The first kappa shape index (κ1) is 23.2. The van der Waals surface area contributed by atoms with Gasteiger partial charge in [0.2, 0.25) is 0 Å². The van der Waals surface area contributed by atoms with Gasteiger partial charge in [-0.1, -0.05) is 37.6 Å². The van der Waals surface area contributed by atoms with Crippen LogP contribution in [-0.4, -0.2) is 39.1 Å². The summed E-state index contributed by atoms with van der Waals surface area (Å²) in [6.45, 7) is 2.20. The number of benzene rings is 2. The lowest BCUT2D eigenvalue weighted by Crippen LogP contribution is -2.41. The van der Waals surface area contributed by atoms with Crippen molar-refractivity contribution >= 4 is 35.3 Å². The van der Waals surface area contributed by atoms with Gasteiger partial charge in [0.1, 0.15) is 0 Å². The second-order valence-corrected chi connectivity index (χ2v) is 9.70. The summed E-state index contributed by atoms with van der Waals surface area (Å²) >= 11 is 1.41. The zero-order valence-corrected chi connectivity index (χ0v) is 20.3. The van der Waals surface area contributed by atoms with Crippen molar-refractivity contribution in [1.82, 2.24) is 5.32 Å². The number of nitrogens with one attached hydrogen (secondary N) is 1. The molecule has 0 unspecified atom stereocenters. The highest BCUT2D eigenvalue weighted by Crippen LogP contribution is 2.42. The lowest BCUT2D eigenvalue weighted by atomic mass is 9.86. The van der Waals surface area contributed by atoms with E-state index in [1.165, 1.54) is 18.2 Å². The van der Waals surface area contributed by atoms with Gasteiger partial charge in [-0.25, -0.2) is 0 Å². The van der Waals surface area contributed by atoms with Crippen molar-refractivity contribution in [3.8, 4) is 11.5 Å². The van der Waals surface area contributed by atoms with Gasteiger partial charge in [-0.3, -0.25) is 9.59 Å². The lowest BCUT2D eigenvalue weighted by molar-refractivity contribution is -0.114. The molecule has 1 N–H and O–H groups in total. The molecule has 1 heterocycles. The van der Waals surface area contributed by atoms with Crippen LogP contribution in [0.1, 0.15) is 48.5 Å². The Kier molecular flexibility index (Phi) is 6.98. The maximum Gasteiger partial charge on any atom is 0.264 e. The van der Waals surface area contributed by atoms with E-state index in [1.807, 2.05) is 42.5 Å². The summed E-state index contributed by atoms with van der Waals surface area (Å²) in [7, 11) is 4.92. The Bertz CT molecular complexity index is 1100. The van der Waals surface area contributed by atoms with Crippen molar-refractivity contribution in [2.45, 2.75) is 43.5 Å². The molecule has 6 nitrogen and oxygen atoms in total. The number of rotatable bonds is 5. The summed E-state index contributed by atoms with van der Waals surface area (Å²) in [5.41, 5.74) is 2.18. The molecule has 33 heavy (non-hydrogen) atoms. The smallest absolute Gasteiger partial charge is 0.264 e. The SMILES string of the molecule is COc1ccc(/C=C2\Sc3ccc(C(=O)N[C@@H]4CCCC[C@H]4C)cc3N(C)C2=O)cc1OC. The van der Waals surface area contributed by atoms with Gasteiger partial charge in [-0.2, -0.15) is 0 Å². The van der Waals surface area contributed by atoms with Crippen molar-refractivity contribution in [2.75, 3.05) is 26.2 Å². The van der Waals surface area contributed by atoms with E-state index in [0.29, 0.717) is 27.9 Å². The third-order valence-corrected chi connectivity index (χ3v) is 7.53. The molecule has 2 aromatic rings. The molecule has 1 aliphatic heterocycles. The second-order valence-electron chi connectivity index (χ2n) is 8.61. The highest BCUT2D eigenvalue weighted by molar-refractivity contribution is 8.04. The largest absolute Gasteiger partial charge is 0.493 e. The Labute approximate surface area is 199 Å². The molecule has 2 aromatic carbocycles. The average molecular weight is 467 g/mol. The molecule has 0 radical (unpaired) electrons. The predicted octanol–water partition coefficient (Wildman–Crippen LogP) is 5.12. The van der Waals surface area contributed by atoms with Gasteiger partial charge in [0.15, 0.2) is 11.5 Å². The van der Waals surface area contributed by atoms with Crippen LogP contribution in [0.15, 0.2) is 46.2 Å². The van der Waals surface area contributed by atoms with Crippen LogP contribution in [0.25, 0.3) is 6.08 Å². The van der Waals surface area contributed by atoms with E-state index < -0.39 is 0 Å². The van der Waals surface area contributed by atoms with Crippen LogP contribution >= 0.6 is 11.8 Å². The minimum Gasteiger partial charge on any atom is -0.493 e. The third-order valence-electron chi connectivity index (χ3n) is 6.45. The van der Waals surface area contributed by atoms with E-state index in [0.717, 1.165) is 35.4 Å². The third kappa shape index (κ3) is 4.88. The number of amides is 2. The summed E-state index contributed by atoms with van der Waals surface area (Å²) in [4.78, 5) is 29.1. The number of ether oxygens (including phenoxy) is 2. The number of fused-ring (bicyclic) bond motifs is 1. The first-order chi connectivity index (χ1) is 15.9. The highest BCUT2D eigenvalue weighted by Gasteiger charge is 2.28. The fourth-order valence-electron chi connectivity index (χ4n) is 4.41. The molecule has 174 valence electrons. The minimum absolute atomic E-state index is 0.0749. The number of hydrogen-bond donors (Lipinski definition) is 1. The molecule has 1 aliphatic carbocycles. The predicted molar refractivity (Wildman–Crippen MR) is 132 cm³/mol. The Morgan fingerprint density at radius 3 is 2.58 bits per heavy atom. The van der Waals surface area contributed by atoms with Crippen molar-refractivity contribution in [2.24, 2.45) is 5.92 Å². The molecule has 0 saturated heterocycles. The minimum atomic E-state index is -0.110. The molecule has 2 aliphatic rings. The molecular weight excluding hydrogens is 436 g/mol. The van der Waals surface area contributed by atoms with Gasteiger partial charge in [0.25, 0.3) is 11.8 Å². The van der Waals surface area contributed by atoms with Crippen molar-refractivity contribution in [3.05, 3.63) is 52.4 Å². The lowest BCUT2D eigenvalue weighted by Gasteiger charge is -2.30. The van der Waals surface area contributed by atoms with Crippen LogP contribution in [0, 0.1) is 5.92 Å².